The third-order valence-electron chi connectivity index (χ3n) is 5.02. The number of alkyl halides is 3. The van der Waals surface area contributed by atoms with Crippen LogP contribution in [0, 0.1) is 0 Å². The molecule has 0 saturated heterocycles. The van der Waals surface area contributed by atoms with Crippen molar-refractivity contribution >= 4 is 132 Å². The number of phenols is 1. The van der Waals surface area contributed by atoms with E-state index in [4.69, 9.17) is 20.3 Å². The average Bonchev–Trinajstić information content (AvgIpc) is 3.08. The lowest BCUT2D eigenvalue weighted by Crippen LogP contribution is -3.00. The number of aromatic amines is 2. The number of halogens is 7. The van der Waals surface area contributed by atoms with Crippen LogP contribution in [0.4, 0.5) is 5.69 Å². The molecule has 0 bridgehead atoms. The summed E-state index contributed by atoms with van der Waals surface area (Å²) in [7, 11) is 3.00. The molecule has 2 heterocycles. The van der Waals surface area contributed by atoms with Gasteiger partial charge in [0.05, 0.1) is 48.9 Å². The summed E-state index contributed by atoms with van der Waals surface area (Å²) >= 11 is 18.1. The molecule has 0 radical (unpaired) electrons. The van der Waals surface area contributed by atoms with Crippen LogP contribution in [0.1, 0.15) is 10.4 Å². The van der Waals surface area contributed by atoms with E-state index in [1.54, 1.807) is 49.6 Å². The summed E-state index contributed by atoms with van der Waals surface area (Å²) in [5.41, 5.74) is 6.25. The van der Waals surface area contributed by atoms with Gasteiger partial charge in [0.25, 0.3) is 11.1 Å². The number of phenolic OH excluding ortho intramolecular Hbond substituents is 1. The lowest BCUT2D eigenvalue weighted by atomic mass is 10.2. The number of nitrogens with one attached hydrogen (secondary N) is 2. The van der Waals surface area contributed by atoms with Crippen LogP contribution in [0.15, 0.2) is 76.8 Å². The van der Waals surface area contributed by atoms with Crippen LogP contribution in [-0.2, 0) is 0 Å². The molecule has 3 aromatic carbocycles. The van der Waals surface area contributed by atoms with Crippen LogP contribution in [0.5, 0.6) is 17.2 Å². The van der Waals surface area contributed by atoms with Crippen molar-refractivity contribution in [2.75, 3.05) is 37.5 Å². The van der Waals surface area contributed by atoms with Crippen molar-refractivity contribution in [1.82, 2.24) is 19.9 Å². The van der Waals surface area contributed by atoms with Gasteiger partial charge in [0.15, 0.2) is 0 Å². The molecule has 20 heteroatoms. The number of carboxylic acid groups (broad SMARTS) is 1. The number of hydrogen-bond acceptors (Lipinski definition) is 9. The monoisotopic (exact) mass is 1160 g/mol. The fourth-order valence-electron chi connectivity index (χ4n) is 3.23. The van der Waals surface area contributed by atoms with Gasteiger partial charge >= 0.3 is 9.15 Å². The fourth-order valence-corrected chi connectivity index (χ4v) is 3.23. The average molecular weight is 1170 g/mol. The SMILES string of the molecule is BrB(Br)Br.CBr.CBr.CBr.COc1cccc(C(=O)O)c1N.COc1cccc2c(=O)[nH]cnc12.O=c1[nH]cnc2c(O)cccc12.[I-]. The number of H-pyrrole nitrogens is 2. The molecule has 5 aromatic rings. The standard InChI is InChI=1S/C9H8N2O2.C8H6N2O2.C8H9NO3.3CH3Br.BBr3.HI/c1-13-7-4-2-3-6-8(7)10-5-11-9(6)12;11-6-3-1-2-5-7(6)9-4-10-8(5)12;1-12-6-4-2-3-5(7(6)9)8(10)11;3*1-2;2-1(3)4;/h2-5H,1H3,(H,10,11,12);1-4,11H,(H,9,10,12);2-4H,9H2,1H3,(H,10,11);3*1H3;;1H/p-1. The zero-order valence-corrected chi connectivity index (χ0v) is 37.7. The molecule has 0 spiro atoms. The van der Waals surface area contributed by atoms with Crippen molar-refractivity contribution in [1.29, 1.82) is 0 Å². The van der Waals surface area contributed by atoms with E-state index in [1.165, 1.54) is 31.9 Å². The molecule has 48 heavy (non-hydrogen) atoms. The molecule has 0 aliphatic heterocycles. The highest BCUT2D eigenvalue weighted by molar-refractivity contribution is 9.69. The van der Waals surface area contributed by atoms with Gasteiger partial charge in [-0.25, -0.2) is 14.8 Å². The number of benzene rings is 3. The van der Waals surface area contributed by atoms with Crippen molar-refractivity contribution < 1.29 is 48.5 Å². The Morgan fingerprint density at radius 3 is 1.58 bits per heavy atom. The molecule has 0 atom stereocenters. The summed E-state index contributed by atoms with van der Waals surface area (Å²) in [5, 5.41) is 18.9. The number of hydrogen-bond donors (Lipinski definition) is 5. The van der Waals surface area contributed by atoms with Crippen LogP contribution in [0.3, 0.4) is 0 Å². The Morgan fingerprint density at radius 2 is 1.15 bits per heavy atom. The number of methoxy groups -OCH3 is 2. The fraction of sp³-hybridized carbons (Fsp3) is 0.179. The first-order valence-corrected chi connectivity index (χ1v) is 19.9. The number of nitrogens with two attached hydrogens (primary N) is 1. The summed E-state index contributed by atoms with van der Waals surface area (Å²) < 4.78 is 10.2. The molecule has 264 valence electrons. The van der Waals surface area contributed by atoms with Crippen molar-refractivity contribution in [3.8, 4) is 17.2 Å². The van der Waals surface area contributed by atoms with E-state index in [0.717, 1.165) is 0 Å². The zero-order valence-electron chi connectivity index (χ0n) is 26.0. The van der Waals surface area contributed by atoms with Gasteiger partial charge in [-0.1, -0.05) is 66.0 Å². The van der Waals surface area contributed by atoms with E-state index < -0.39 is 5.97 Å². The number of para-hydroxylation sites is 3. The number of carbonyl (C=O) groups is 1. The van der Waals surface area contributed by atoms with E-state index in [0.29, 0.717) is 33.3 Å². The number of carboxylic acids is 1. The number of anilines is 1. The van der Waals surface area contributed by atoms with Crippen LogP contribution >= 0.6 is 95.1 Å². The van der Waals surface area contributed by atoms with Gasteiger partial charge in [-0.05, 0) is 53.9 Å². The van der Waals surface area contributed by atoms with Crippen LogP contribution in [0.25, 0.3) is 21.8 Å². The minimum atomic E-state index is -1.05. The highest BCUT2D eigenvalue weighted by Gasteiger charge is 2.10. The van der Waals surface area contributed by atoms with E-state index in [2.05, 4.69) is 115 Å². The maximum Gasteiger partial charge on any atom is 0.369 e. The van der Waals surface area contributed by atoms with Gasteiger partial charge < -0.3 is 59.4 Å². The number of nitrogens with zero attached hydrogens (tertiary/aromatic N) is 2. The molecular weight excluding hydrogens is 1140 g/mol. The maximum atomic E-state index is 11.3. The number of aromatic nitrogens is 4. The summed E-state index contributed by atoms with van der Waals surface area (Å²) in [5.74, 6) is 5.41. The van der Waals surface area contributed by atoms with Crippen LogP contribution in [0.2, 0.25) is 0 Å². The summed E-state index contributed by atoms with van der Waals surface area (Å²) in [6.45, 7) is 0. The minimum absolute atomic E-state index is 0. The van der Waals surface area contributed by atoms with E-state index >= 15 is 0 Å². The number of fused-ring (bicyclic) bond motifs is 2. The van der Waals surface area contributed by atoms with Gasteiger partial charge in [0.2, 0.25) is 0 Å². The predicted octanol–water partition coefficient (Wildman–Crippen LogP) is 4.73. The number of ether oxygens (including phenoxy) is 2. The third kappa shape index (κ3) is 17.8. The predicted molar refractivity (Wildman–Crippen MR) is 214 cm³/mol. The van der Waals surface area contributed by atoms with Crippen molar-refractivity contribution in [3.05, 3.63) is 93.5 Å². The highest BCUT2D eigenvalue weighted by Crippen LogP contribution is 2.24. The first kappa shape index (κ1) is 50.7. The van der Waals surface area contributed by atoms with Crippen molar-refractivity contribution in [2.45, 2.75) is 0 Å². The smallest absolute Gasteiger partial charge is 0.369 e. The van der Waals surface area contributed by atoms with E-state index in [1.807, 2.05) is 17.5 Å². The molecule has 6 N–H and O–H groups in total. The first-order chi connectivity index (χ1) is 22.5. The van der Waals surface area contributed by atoms with Crippen LogP contribution in [-0.4, -0.2) is 71.0 Å². The Labute approximate surface area is 344 Å². The molecule has 0 fully saturated rings. The Hall–Kier alpha value is -1.72. The number of aromatic hydroxyl groups is 1. The highest BCUT2D eigenvalue weighted by atomic mass is 127. The van der Waals surface area contributed by atoms with Crippen LogP contribution < -0.4 is 50.3 Å². The van der Waals surface area contributed by atoms with Gasteiger partial charge in [-0.15, -0.1) is 47.3 Å². The molecule has 12 nitrogen and oxygen atoms in total. The molecule has 0 amide bonds. The lowest BCUT2D eigenvalue weighted by molar-refractivity contribution is -0.0000263. The topological polar surface area (TPSA) is 194 Å². The zero-order chi connectivity index (χ0) is 36.5. The number of rotatable bonds is 3. The summed E-state index contributed by atoms with van der Waals surface area (Å²) in [4.78, 5) is 45.8. The quantitative estimate of drug-likeness (QED) is 0.0731. The minimum Gasteiger partial charge on any atom is -1.00 e. The molecule has 0 aliphatic carbocycles. The Morgan fingerprint density at radius 1 is 0.750 bits per heavy atom. The maximum absolute atomic E-state index is 11.3. The Kier molecular flexibility index (Phi) is 31.8. The summed E-state index contributed by atoms with van der Waals surface area (Å²) in [6.07, 6.45) is 2.64. The largest absolute Gasteiger partial charge is 1.00 e. The molecule has 5 rings (SSSR count). The van der Waals surface area contributed by atoms with E-state index in [-0.39, 0.29) is 55.3 Å². The molecule has 2 aromatic heterocycles. The molecular formula is C28H32BBr6IN5O7-. The Bertz CT molecular complexity index is 1750. The summed E-state index contributed by atoms with van der Waals surface area (Å²) in [6, 6.07) is 14.6. The molecule has 0 saturated carbocycles. The second-order valence-electron chi connectivity index (χ2n) is 7.47. The second kappa shape index (κ2) is 30.1. The van der Waals surface area contributed by atoms with Gasteiger partial charge in [-0.2, -0.15) is 0 Å². The van der Waals surface area contributed by atoms with E-state index in [9.17, 15) is 19.5 Å². The second-order valence-corrected chi connectivity index (χ2v) is 13.9. The number of aromatic carboxylic acids is 1. The Balaban J connectivity index is -0.000000553. The van der Waals surface area contributed by atoms with Gasteiger partial charge in [-0.3, -0.25) is 9.59 Å². The molecule has 0 aliphatic rings. The van der Waals surface area contributed by atoms with Gasteiger partial charge in [0.1, 0.15) is 28.3 Å². The number of nitrogen functional groups attached to an aromatic ring is 1. The van der Waals surface area contributed by atoms with Crippen molar-refractivity contribution in [2.24, 2.45) is 0 Å². The normalized spacial score (nSPS) is 8.65. The molecule has 0 unspecified atom stereocenters. The lowest BCUT2D eigenvalue weighted by Gasteiger charge is -2.05. The first-order valence-electron chi connectivity index (χ1n) is 12.4. The van der Waals surface area contributed by atoms with Crippen molar-refractivity contribution in [3.63, 3.8) is 0 Å². The third-order valence-corrected chi connectivity index (χ3v) is 5.02. The van der Waals surface area contributed by atoms with Gasteiger partial charge in [0, 0.05) is 0 Å².